The minimum absolute atomic E-state index is 0.0581. The van der Waals surface area contributed by atoms with E-state index in [2.05, 4.69) is 14.8 Å². The molecule has 10 nitrogen and oxygen atoms in total. The zero-order valence-electron chi connectivity index (χ0n) is 18.5. The van der Waals surface area contributed by atoms with E-state index in [0.717, 1.165) is 4.90 Å². The molecule has 2 aromatic carbocycles. The summed E-state index contributed by atoms with van der Waals surface area (Å²) in [7, 11) is 2.45. The molecule has 0 saturated carbocycles. The summed E-state index contributed by atoms with van der Waals surface area (Å²) in [5.41, 5.74) is 0.918. The monoisotopic (exact) mass is 518 g/mol. The van der Waals surface area contributed by atoms with Crippen molar-refractivity contribution in [3.8, 4) is 5.75 Å². The average Bonchev–Trinajstić information content (AvgIpc) is 3.11. The number of halogens is 1. The molecule has 1 N–H and O–H groups in total. The number of imide groups is 1. The van der Waals surface area contributed by atoms with Gasteiger partial charge in [0.1, 0.15) is 12.3 Å². The van der Waals surface area contributed by atoms with Gasteiger partial charge in [-0.2, -0.15) is 0 Å². The number of hydrogen-bond acceptors (Lipinski definition) is 9. The molecule has 12 heteroatoms. The van der Waals surface area contributed by atoms with Gasteiger partial charge in [-0.15, -0.1) is 0 Å². The molecule has 3 amide bonds. The SMILES string of the molecule is COC(=O)COc1ccc(/C=C2\SC(=O)N(CC(=O)Nc3ccc(Cl)c(C(=O)OC)c3)C2=O)cc1. The summed E-state index contributed by atoms with van der Waals surface area (Å²) in [5.74, 6) is -2.03. The molecule has 182 valence electrons. The second-order valence-electron chi connectivity index (χ2n) is 6.94. The Kier molecular flexibility index (Phi) is 8.50. The summed E-state index contributed by atoms with van der Waals surface area (Å²) in [6, 6.07) is 10.7. The molecule has 3 rings (SSSR count). The van der Waals surface area contributed by atoms with Crippen LogP contribution in [0.15, 0.2) is 47.4 Å². The lowest BCUT2D eigenvalue weighted by molar-refractivity contribution is -0.142. The number of nitrogens with zero attached hydrogens (tertiary/aromatic N) is 1. The molecule has 1 fully saturated rings. The van der Waals surface area contributed by atoms with Gasteiger partial charge in [-0.3, -0.25) is 19.3 Å². The van der Waals surface area contributed by atoms with Gasteiger partial charge in [0.05, 0.1) is 29.7 Å². The fourth-order valence-corrected chi connectivity index (χ4v) is 3.90. The first kappa shape index (κ1) is 25.8. The van der Waals surface area contributed by atoms with Crippen LogP contribution in [0.25, 0.3) is 6.08 Å². The molecular weight excluding hydrogens is 500 g/mol. The molecular formula is C23H19ClN2O8S. The van der Waals surface area contributed by atoms with Crippen LogP contribution in [-0.2, 0) is 23.9 Å². The van der Waals surface area contributed by atoms with Crippen molar-refractivity contribution >= 4 is 64.1 Å². The van der Waals surface area contributed by atoms with Gasteiger partial charge in [-0.05, 0) is 53.7 Å². The van der Waals surface area contributed by atoms with E-state index in [-0.39, 0.29) is 27.8 Å². The van der Waals surface area contributed by atoms with Crippen LogP contribution in [0.4, 0.5) is 10.5 Å². The normalized spacial score (nSPS) is 14.1. The van der Waals surface area contributed by atoms with Gasteiger partial charge >= 0.3 is 11.9 Å². The highest BCUT2D eigenvalue weighted by molar-refractivity contribution is 8.18. The van der Waals surface area contributed by atoms with Crippen molar-refractivity contribution in [2.45, 2.75) is 0 Å². The van der Waals surface area contributed by atoms with E-state index in [1.54, 1.807) is 24.3 Å². The summed E-state index contributed by atoms with van der Waals surface area (Å²) < 4.78 is 14.4. The second-order valence-corrected chi connectivity index (χ2v) is 8.34. The maximum atomic E-state index is 12.7. The number of amides is 3. The standard InChI is InChI=1S/C23H19ClN2O8S/c1-32-20(28)12-34-15-6-3-13(4-7-15)9-18-21(29)26(23(31)35-18)11-19(27)25-14-5-8-17(24)16(10-14)22(30)33-2/h3-10H,11-12H2,1-2H3,(H,25,27)/b18-9-. The Morgan fingerprint density at radius 3 is 2.43 bits per heavy atom. The number of esters is 2. The Bertz CT molecular complexity index is 1210. The third-order valence-corrected chi connectivity index (χ3v) is 5.83. The number of anilines is 1. The second kappa shape index (κ2) is 11.5. The van der Waals surface area contributed by atoms with Crippen LogP contribution in [0, 0.1) is 0 Å². The quantitative estimate of drug-likeness (QED) is 0.413. The molecule has 0 aliphatic carbocycles. The first-order chi connectivity index (χ1) is 16.7. The van der Waals surface area contributed by atoms with Gasteiger partial charge in [-0.1, -0.05) is 23.7 Å². The topological polar surface area (TPSA) is 128 Å². The molecule has 0 spiro atoms. The fraction of sp³-hybridized carbons (Fsp3) is 0.174. The number of methoxy groups -OCH3 is 2. The summed E-state index contributed by atoms with van der Waals surface area (Å²) in [5, 5.41) is 2.08. The van der Waals surface area contributed by atoms with Crippen molar-refractivity contribution in [3.63, 3.8) is 0 Å². The molecule has 1 aliphatic heterocycles. The maximum absolute atomic E-state index is 12.7. The summed E-state index contributed by atoms with van der Waals surface area (Å²) in [4.78, 5) is 61.3. The number of ether oxygens (including phenoxy) is 3. The van der Waals surface area contributed by atoms with Crippen LogP contribution in [0.3, 0.4) is 0 Å². The number of rotatable bonds is 8. The third-order valence-electron chi connectivity index (χ3n) is 4.59. The van der Waals surface area contributed by atoms with Crippen molar-refractivity contribution in [1.82, 2.24) is 4.90 Å². The molecule has 2 aromatic rings. The largest absolute Gasteiger partial charge is 0.482 e. The number of carbonyl (C=O) groups excluding carboxylic acids is 5. The van der Waals surface area contributed by atoms with Gasteiger partial charge in [0, 0.05) is 5.69 Å². The molecule has 0 unspecified atom stereocenters. The van der Waals surface area contributed by atoms with Crippen LogP contribution in [-0.4, -0.2) is 61.3 Å². The zero-order valence-corrected chi connectivity index (χ0v) is 20.1. The first-order valence-corrected chi connectivity index (χ1v) is 11.1. The van der Waals surface area contributed by atoms with E-state index >= 15 is 0 Å². The van der Waals surface area contributed by atoms with Crippen LogP contribution in [0.1, 0.15) is 15.9 Å². The van der Waals surface area contributed by atoms with E-state index in [4.69, 9.17) is 16.3 Å². The minimum Gasteiger partial charge on any atom is -0.482 e. The lowest BCUT2D eigenvalue weighted by atomic mass is 10.2. The zero-order chi connectivity index (χ0) is 25.5. The highest BCUT2D eigenvalue weighted by Crippen LogP contribution is 2.32. The van der Waals surface area contributed by atoms with E-state index in [9.17, 15) is 24.0 Å². The highest BCUT2D eigenvalue weighted by atomic mass is 35.5. The maximum Gasteiger partial charge on any atom is 0.343 e. The molecule has 1 heterocycles. The molecule has 1 saturated heterocycles. The van der Waals surface area contributed by atoms with Crippen LogP contribution in [0.5, 0.6) is 5.75 Å². The van der Waals surface area contributed by atoms with E-state index in [1.807, 2.05) is 0 Å². The minimum atomic E-state index is -0.676. The highest BCUT2D eigenvalue weighted by Gasteiger charge is 2.36. The fourth-order valence-electron chi connectivity index (χ4n) is 2.86. The molecule has 0 bridgehead atoms. The summed E-state index contributed by atoms with van der Waals surface area (Å²) in [6.45, 7) is -0.755. The number of hydrogen-bond donors (Lipinski definition) is 1. The molecule has 1 aliphatic rings. The van der Waals surface area contributed by atoms with Crippen molar-refractivity contribution in [2.24, 2.45) is 0 Å². The average molecular weight is 519 g/mol. The predicted octanol–water partition coefficient (Wildman–Crippen LogP) is 3.35. The Hall–Kier alpha value is -3.83. The van der Waals surface area contributed by atoms with Gasteiger partial charge in [0.15, 0.2) is 6.61 Å². The predicted molar refractivity (Wildman–Crippen MR) is 128 cm³/mol. The third kappa shape index (κ3) is 6.61. The number of carbonyl (C=O) groups is 5. The Labute approximate surface area is 209 Å². The Morgan fingerprint density at radius 1 is 1.06 bits per heavy atom. The molecule has 0 radical (unpaired) electrons. The van der Waals surface area contributed by atoms with Crippen molar-refractivity contribution < 1.29 is 38.2 Å². The number of thioether (sulfide) groups is 1. The smallest absolute Gasteiger partial charge is 0.343 e. The summed E-state index contributed by atoms with van der Waals surface area (Å²) in [6.07, 6.45) is 1.51. The van der Waals surface area contributed by atoms with Crippen LogP contribution < -0.4 is 10.1 Å². The lowest BCUT2D eigenvalue weighted by Crippen LogP contribution is -2.36. The van der Waals surface area contributed by atoms with Gasteiger partial charge in [0.2, 0.25) is 5.91 Å². The van der Waals surface area contributed by atoms with Gasteiger partial charge < -0.3 is 19.5 Å². The van der Waals surface area contributed by atoms with Crippen molar-refractivity contribution in [2.75, 3.05) is 32.7 Å². The van der Waals surface area contributed by atoms with E-state index < -0.39 is 35.5 Å². The van der Waals surface area contributed by atoms with E-state index in [0.29, 0.717) is 23.1 Å². The summed E-state index contributed by atoms with van der Waals surface area (Å²) >= 11 is 6.67. The van der Waals surface area contributed by atoms with Crippen molar-refractivity contribution in [1.29, 1.82) is 0 Å². The molecule has 0 aromatic heterocycles. The molecule has 35 heavy (non-hydrogen) atoms. The van der Waals surface area contributed by atoms with Gasteiger partial charge in [0.25, 0.3) is 11.1 Å². The first-order valence-electron chi connectivity index (χ1n) is 9.94. The van der Waals surface area contributed by atoms with Crippen LogP contribution >= 0.6 is 23.4 Å². The van der Waals surface area contributed by atoms with Crippen LogP contribution in [0.2, 0.25) is 5.02 Å². The van der Waals surface area contributed by atoms with E-state index in [1.165, 1.54) is 38.5 Å². The van der Waals surface area contributed by atoms with Crippen molar-refractivity contribution in [3.05, 3.63) is 63.5 Å². The Morgan fingerprint density at radius 2 is 1.77 bits per heavy atom. The lowest BCUT2D eigenvalue weighted by Gasteiger charge is -2.13. The van der Waals surface area contributed by atoms with Gasteiger partial charge in [-0.25, -0.2) is 9.59 Å². The molecule has 0 atom stereocenters. The number of benzene rings is 2. The number of nitrogens with one attached hydrogen (secondary N) is 1. The Balaban J connectivity index is 1.63.